The van der Waals surface area contributed by atoms with Crippen LogP contribution in [-0.4, -0.2) is 5.78 Å². The number of ketones is 1. The van der Waals surface area contributed by atoms with E-state index in [1.165, 1.54) is 16.7 Å². The van der Waals surface area contributed by atoms with E-state index in [0.29, 0.717) is 0 Å². The van der Waals surface area contributed by atoms with Gasteiger partial charge in [-0.2, -0.15) is 0 Å². The van der Waals surface area contributed by atoms with Crippen molar-refractivity contribution in [2.75, 3.05) is 0 Å². The lowest BCUT2D eigenvalue weighted by Gasteiger charge is -2.11. The molecule has 0 radical (unpaired) electrons. The molecule has 0 aromatic heterocycles. The molecule has 2 aromatic rings. The van der Waals surface area contributed by atoms with Crippen molar-refractivity contribution in [1.82, 2.24) is 0 Å². The second kappa shape index (κ2) is 4.09. The van der Waals surface area contributed by atoms with Crippen molar-refractivity contribution in [3.63, 3.8) is 0 Å². The van der Waals surface area contributed by atoms with Crippen LogP contribution >= 0.6 is 0 Å². The number of hydrogen-bond donors (Lipinski definition) is 0. The Morgan fingerprint density at radius 2 is 1.61 bits per heavy atom. The summed E-state index contributed by atoms with van der Waals surface area (Å²) >= 11 is 0. The molecule has 2 aromatic carbocycles. The van der Waals surface area contributed by atoms with E-state index in [2.05, 4.69) is 25.1 Å². The predicted octanol–water partition coefficient (Wildman–Crippen LogP) is 3.63. The highest BCUT2D eigenvalue weighted by molar-refractivity contribution is 6.12. The summed E-state index contributed by atoms with van der Waals surface area (Å²) < 4.78 is 0. The van der Waals surface area contributed by atoms with Crippen LogP contribution < -0.4 is 0 Å². The maximum Gasteiger partial charge on any atom is 0.193 e. The number of fused-ring (bicyclic) bond motifs is 2. The molecule has 1 aliphatic carbocycles. The molecule has 0 amide bonds. The van der Waals surface area contributed by atoms with Gasteiger partial charge in [-0.25, -0.2) is 0 Å². The molecular formula is C17H16O. The molecule has 1 nitrogen and oxygen atoms in total. The fourth-order valence-corrected chi connectivity index (χ4v) is 2.86. The summed E-state index contributed by atoms with van der Waals surface area (Å²) in [5, 5.41) is 0. The first-order valence-corrected chi connectivity index (χ1v) is 6.40. The summed E-state index contributed by atoms with van der Waals surface area (Å²) in [4.78, 5) is 12.7. The minimum atomic E-state index is 0.194. The van der Waals surface area contributed by atoms with E-state index in [1.807, 2.05) is 25.1 Å². The summed E-state index contributed by atoms with van der Waals surface area (Å²) in [5.74, 6) is 0.194. The van der Waals surface area contributed by atoms with Crippen LogP contribution in [0.25, 0.3) is 0 Å². The van der Waals surface area contributed by atoms with Crippen molar-refractivity contribution in [3.8, 4) is 0 Å². The summed E-state index contributed by atoms with van der Waals surface area (Å²) in [6, 6.07) is 12.2. The van der Waals surface area contributed by atoms with Crippen LogP contribution in [0.3, 0.4) is 0 Å². The van der Waals surface area contributed by atoms with E-state index in [1.54, 1.807) is 0 Å². The van der Waals surface area contributed by atoms with Crippen molar-refractivity contribution in [3.05, 3.63) is 69.8 Å². The number of rotatable bonds is 0. The van der Waals surface area contributed by atoms with E-state index >= 15 is 0 Å². The van der Waals surface area contributed by atoms with Crippen molar-refractivity contribution < 1.29 is 4.79 Å². The van der Waals surface area contributed by atoms with Gasteiger partial charge in [0.25, 0.3) is 0 Å². The largest absolute Gasteiger partial charge is 0.289 e. The van der Waals surface area contributed by atoms with Gasteiger partial charge in [-0.1, -0.05) is 36.4 Å². The third kappa shape index (κ3) is 1.59. The molecule has 0 aliphatic heterocycles. The smallest absolute Gasteiger partial charge is 0.193 e. The monoisotopic (exact) mass is 236 g/mol. The van der Waals surface area contributed by atoms with Gasteiger partial charge in [-0.15, -0.1) is 0 Å². The normalized spacial score (nSPS) is 13.8. The molecule has 3 rings (SSSR count). The Balaban J connectivity index is 2.29. The Bertz CT molecular complexity index is 638. The molecule has 0 N–H and O–H groups in total. The topological polar surface area (TPSA) is 17.1 Å². The third-order valence-electron chi connectivity index (χ3n) is 3.89. The van der Waals surface area contributed by atoms with Gasteiger partial charge >= 0.3 is 0 Å². The highest BCUT2D eigenvalue weighted by Gasteiger charge is 2.23. The van der Waals surface area contributed by atoms with Gasteiger partial charge in [0.15, 0.2) is 5.78 Å². The molecule has 90 valence electrons. The van der Waals surface area contributed by atoms with E-state index in [4.69, 9.17) is 0 Å². The second-order valence-electron chi connectivity index (χ2n) is 5.04. The fraction of sp³-hybridized carbons (Fsp3) is 0.235. The zero-order valence-electron chi connectivity index (χ0n) is 10.8. The number of carbonyl (C=O) groups excluding carboxylic acids is 1. The van der Waals surface area contributed by atoms with Crippen LogP contribution in [0.15, 0.2) is 36.4 Å². The van der Waals surface area contributed by atoms with Crippen molar-refractivity contribution in [2.24, 2.45) is 0 Å². The average Bonchev–Trinajstić information content (AvgIpc) is 2.53. The van der Waals surface area contributed by atoms with Crippen LogP contribution in [0.1, 0.15) is 38.2 Å². The van der Waals surface area contributed by atoms with E-state index < -0.39 is 0 Å². The van der Waals surface area contributed by atoms with Gasteiger partial charge in [0.05, 0.1) is 0 Å². The Hall–Kier alpha value is -1.89. The van der Waals surface area contributed by atoms with Gasteiger partial charge in [0, 0.05) is 11.1 Å². The highest BCUT2D eigenvalue weighted by Crippen LogP contribution is 2.28. The molecule has 0 bridgehead atoms. The quantitative estimate of drug-likeness (QED) is 0.682. The number of hydrogen-bond acceptors (Lipinski definition) is 1. The molecule has 0 saturated heterocycles. The average molecular weight is 236 g/mol. The molecule has 0 heterocycles. The van der Waals surface area contributed by atoms with Gasteiger partial charge in [0.1, 0.15) is 0 Å². The first-order chi connectivity index (χ1) is 8.68. The van der Waals surface area contributed by atoms with Gasteiger partial charge in [-0.3, -0.25) is 4.79 Å². The molecular weight excluding hydrogens is 220 g/mol. The minimum absolute atomic E-state index is 0.194. The van der Waals surface area contributed by atoms with E-state index in [9.17, 15) is 4.79 Å². The standard InChI is InChI=1S/C17H16O/c1-11-7-8-12(2)16-14(11)10-9-13-5-3-4-6-15(13)17(16)18/h3-8H,9-10H2,1-2H3. The summed E-state index contributed by atoms with van der Waals surface area (Å²) in [6.07, 6.45) is 1.92. The number of aryl methyl sites for hydroxylation is 3. The Kier molecular flexibility index (Phi) is 2.55. The van der Waals surface area contributed by atoms with E-state index in [-0.39, 0.29) is 5.78 Å². The Morgan fingerprint density at radius 1 is 0.889 bits per heavy atom. The van der Waals surface area contributed by atoms with Gasteiger partial charge in [-0.05, 0) is 48.9 Å². The second-order valence-corrected chi connectivity index (χ2v) is 5.04. The predicted molar refractivity (Wildman–Crippen MR) is 73.2 cm³/mol. The zero-order chi connectivity index (χ0) is 12.7. The lowest BCUT2D eigenvalue weighted by atomic mass is 9.92. The van der Waals surface area contributed by atoms with Crippen LogP contribution in [-0.2, 0) is 12.8 Å². The molecule has 0 spiro atoms. The SMILES string of the molecule is Cc1ccc(C)c2c1CCc1ccccc1C2=O. The zero-order valence-corrected chi connectivity index (χ0v) is 10.8. The van der Waals surface area contributed by atoms with Crippen molar-refractivity contribution in [1.29, 1.82) is 0 Å². The van der Waals surface area contributed by atoms with E-state index in [0.717, 1.165) is 29.5 Å². The molecule has 0 atom stereocenters. The minimum Gasteiger partial charge on any atom is -0.289 e. The highest BCUT2D eigenvalue weighted by atomic mass is 16.1. The Morgan fingerprint density at radius 3 is 2.44 bits per heavy atom. The fourth-order valence-electron chi connectivity index (χ4n) is 2.86. The summed E-state index contributed by atoms with van der Waals surface area (Å²) in [7, 11) is 0. The number of carbonyl (C=O) groups is 1. The van der Waals surface area contributed by atoms with Gasteiger partial charge < -0.3 is 0 Å². The lowest BCUT2D eigenvalue weighted by Crippen LogP contribution is -2.07. The van der Waals surface area contributed by atoms with Crippen LogP contribution in [0.5, 0.6) is 0 Å². The Labute approximate surface area is 107 Å². The lowest BCUT2D eigenvalue weighted by molar-refractivity contribution is 0.103. The molecule has 1 heteroatoms. The first kappa shape index (κ1) is 11.2. The summed E-state index contributed by atoms with van der Waals surface area (Å²) in [5.41, 5.74) is 6.55. The maximum atomic E-state index is 12.7. The molecule has 0 saturated carbocycles. The van der Waals surface area contributed by atoms with Gasteiger partial charge in [0.2, 0.25) is 0 Å². The third-order valence-corrected chi connectivity index (χ3v) is 3.89. The first-order valence-electron chi connectivity index (χ1n) is 6.40. The van der Waals surface area contributed by atoms with Crippen LogP contribution in [0.4, 0.5) is 0 Å². The molecule has 0 unspecified atom stereocenters. The maximum absolute atomic E-state index is 12.7. The summed E-state index contributed by atoms with van der Waals surface area (Å²) in [6.45, 7) is 4.13. The molecule has 18 heavy (non-hydrogen) atoms. The van der Waals surface area contributed by atoms with Crippen LogP contribution in [0.2, 0.25) is 0 Å². The van der Waals surface area contributed by atoms with Crippen molar-refractivity contribution in [2.45, 2.75) is 26.7 Å². The molecule has 1 aliphatic rings. The van der Waals surface area contributed by atoms with Crippen LogP contribution in [0, 0.1) is 13.8 Å². The number of benzene rings is 2. The molecule has 0 fully saturated rings. The van der Waals surface area contributed by atoms with Crippen molar-refractivity contribution >= 4 is 5.78 Å².